The van der Waals surface area contributed by atoms with Crippen molar-refractivity contribution in [3.63, 3.8) is 0 Å². The maximum atomic E-state index is 13.4. The Morgan fingerprint density at radius 2 is 1.84 bits per heavy atom. The van der Waals surface area contributed by atoms with Crippen LogP contribution in [0.2, 0.25) is 10.0 Å². The lowest BCUT2D eigenvalue weighted by Gasteiger charge is -2.15. The summed E-state index contributed by atoms with van der Waals surface area (Å²) in [5.41, 5.74) is 1.25. The number of para-hydroxylation sites is 3. The number of methoxy groups -OCH3 is 1. The van der Waals surface area contributed by atoms with Gasteiger partial charge in [0, 0.05) is 5.02 Å². The van der Waals surface area contributed by atoms with Crippen LogP contribution >= 0.6 is 35.0 Å². The highest BCUT2D eigenvalue weighted by Gasteiger charge is 2.17. The van der Waals surface area contributed by atoms with Gasteiger partial charge in [-0.1, -0.05) is 59.2 Å². The van der Waals surface area contributed by atoms with Gasteiger partial charge in [-0.2, -0.15) is 0 Å². The predicted octanol–water partition coefficient (Wildman–Crippen LogP) is 5.43. The number of halogens is 2. The van der Waals surface area contributed by atoms with Crippen LogP contribution in [0.4, 0.5) is 5.69 Å². The molecule has 3 aromatic carbocycles. The van der Waals surface area contributed by atoms with E-state index in [0.29, 0.717) is 43.2 Å². The average Bonchev–Trinajstić information content (AvgIpc) is 2.80. The van der Waals surface area contributed by atoms with Crippen molar-refractivity contribution in [2.75, 3.05) is 18.2 Å². The Kier molecular flexibility index (Phi) is 6.69. The number of aromatic nitrogens is 2. The van der Waals surface area contributed by atoms with Crippen molar-refractivity contribution in [3.05, 3.63) is 87.1 Å². The molecule has 0 aliphatic heterocycles. The van der Waals surface area contributed by atoms with Crippen LogP contribution in [0.1, 0.15) is 0 Å². The van der Waals surface area contributed by atoms with Crippen molar-refractivity contribution in [2.24, 2.45) is 0 Å². The number of fused-ring (bicyclic) bond motifs is 1. The van der Waals surface area contributed by atoms with E-state index in [1.807, 2.05) is 18.2 Å². The van der Waals surface area contributed by atoms with Crippen molar-refractivity contribution >= 4 is 57.5 Å². The van der Waals surface area contributed by atoms with Crippen molar-refractivity contribution in [3.8, 4) is 11.4 Å². The molecule has 0 unspecified atom stereocenters. The highest BCUT2D eigenvalue weighted by Crippen LogP contribution is 2.28. The zero-order chi connectivity index (χ0) is 22.7. The first-order valence-corrected chi connectivity index (χ1v) is 11.2. The Morgan fingerprint density at radius 3 is 2.66 bits per heavy atom. The summed E-state index contributed by atoms with van der Waals surface area (Å²) >= 11 is 13.3. The maximum Gasteiger partial charge on any atom is 0.266 e. The molecule has 0 saturated heterocycles. The second-order valence-electron chi connectivity index (χ2n) is 6.68. The van der Waals surface area contributed by atoms with Crippen LogP contribution in [0.3, 0.4) is 0 Å². The van der Waals surface area contributed by atoms with Gasteiger partial charge in [0.25, 0.3) is 5.56 Å². The number of nitrogens with zero attached hydrogens (tertiary/aromatic N) is 2. The van der Waals surface area contributed by atoms with E-state index in [2.05, 4.69) is 10.3 Å². The summed E-state index contributed by atoms with van der Waals surface area (Å²) in [6.07, 6.45) is 0. The SMILES string of the molecule is COc1ccccc1-n1c(SCC(=O)Nc2cc(Cl)ccc2Cl)nc2ccccc2c1=O. The number of carbonyl (C=O) groups excluding carboxylic acids is 1. The molecule has 4 aromatic rings. The van der Waals surface area contributed by atoms with Gasteiger partial charge in [-0.3, -0.25) is 14.2 Å². The zero-order valence-electron chi connectivity index (χ0n) is 16.8. The molecule has 1 aromatic heterocycles. The van der Waals surface area contributed by atoms with E-state index in [-0.39, 0.29) is 17.2 Å². The lowest BCUT2D eigenvalue weighted by Crippen LogP contribution is -2.23. The second-order valence-corrected chi connectivity index (χ2v) is 8.47. The summed E-state index contributed by atoms with van der Waals surface area (Å²) in [5.74, 6) is 0.208. The van der Waals surface area contributed by atoms with Crippen LogP contribution in [0.5, 0.6) is 5.75 Å². The number of nitrogens with one attached hydrogen (secondary N) is 1. The van der Waals surface area contributed by atoms with Crippen molar-refractivity contribution < 1.29 is 9.53 Å². The second kappa shape index (κ2) is 9.65. The van der Waals surface area contributed by atoms with Crippen LogP contribution in [-0.2, 0) is 4.79 Å². The molecule has 0 bridgehead atoms. The van der Waals surface area contributed by atoms with Crippen molar-refractivity contribution in [1.29, 1.82) is 0 Å². The van der Waals surface area contributed by atoms with Crippen LogP contribution in [0, 0.1) is 0 Å². The highest BCUT2D eigenvalue weighted by atomic mass is 35.5. The van der Waals surface area contributed by atoms with Gasteiger partial charge in [-0.25, -0.2) is 4.98 Å². The number of carbonyl (C=O) groups is 1. The van der Waals surface area contributed by atoms with Gasteiger partial charge >= 0.3 is 0 Å². The number of amides is 1. The molecule has 4 rings (SSSR count). The predicted molar refractivity (Wildman–Crippen MR) is 130 cm³/mol. The molecule has 1 amide bonds. The summed E-state index contributed by atoms with van der Waals surface area (Å²) in [4.78, 5) is 30.6. The third kappa shape index (κ3) is 4.60. The molecule has 162 valence electrons. The van der Waals surface area contributed by atoms with E-state index in [1.54, 1.807) is 48.5 Å². The molecule has 0 saturated carbocycles. The number of anilines is 1. The fraction of sp³-hybridized carbons (Fsp3) is 0.0870. The molecule has 0 fully saturated rings. The highest BCUT2D eigenvalue weighted by molar-refractivity contribution is 7.99. The van der Waals surface area contributed by atoms with Crippen molar-refractivity contribution in [1.82, 2.24) is 9.55 Å². The van der Waals surface area contributed by atoms with Gasteiger partial charge in [-0.05, 0) is 42.5 Å². The number of ether oxygens (including phenoxy) is 1. The molecule has 6 nitrogen and oxygen atoms in total. The minimum absolute atomic E-state index is 0.00275. The molecular formula is C23H17Cl2N3O3S. The topological polar surface area (TPSA) is 73.2 Å². The Labute approximate surface area is 198 Å². The lowest BCUT2D eigenvalue weighted by molar-refractivity contribution is -0.113. The summed E-state index contributed by atoms with van der Waals surface area (Å²) in [6, 6.07) is 19.1. The van der Waals surface area contributed by atoms with E-state index in [0.717, 1.165) is 11.8 Å². The Balaban J connectivity index is 1.71. The minimum atomic E-state index is -0.312. The molecular weight excluding hydrogens is 469 g/mol. The fourth-order valence-corrected chi connectivity index (χ4v) is 4.29. The summed E-state index contributed by atoms with van der Waals surface area (Å²) in [6.45, 7) is 0. The minimum Gasteiger partial charge on any atom is -0.495 e. The zero-order valence-corrected chi connectivity index (χ0v) is 19.2. The summed E-state index contributed by atoms with van der Waals surface area (Å²) < 4.78 is 6.91. The van der Waals surface area contributed by atoms with Crippen LogP contribution in [-0.4, -0.2) is 28.3 Å². The molecule has 0 spiro atoms. The smallest absolute Gasteiger partial charge is 0.266 e. The molecule has 32 heavy (non-hydrogen) atoms. The number of rotatable bonds is 6. The van der Waals surface area contributed by atoms with E-state index < -0.39 is 0 Å². The molecule has 9 heteroatoms. The molecule has 0 radical (unpaired) electrons. The largest absolute Gasteiger partial charge is 0.495 e. The normalized spacial score (nSPS) is 10.8. The molecule has 1 N–H and O–H groups in total. The van der Waals surface area contributed by atoms with E-state index >= 15 is 0 Å². The fourth-order valence-electron chi connectivity index (χ4n) is 3.15. The third-order valence-electron chi connectivity index (χ3n) is 4.61. The first kappa shape index (κ1) is 22.2. The van der Waals surface area contributed by atoms with Gasteiger partial charge in [0.15, 0.2) is 5.16 Å². The Morgan fingerprint density at radius 1 is 1.09 bits per heavy atom. The number of hydrogen-bond acceptors (Lipinski definition) is 5. The van der Waals surface area contributed by atoms with Gasteiger partial charge in [0.2, 0.25) is 5.91 Å². The quantitative estimate of drug-likeness (QED) is 0.291. The molecule has 1 heterocycles. The van der Waals surface area contributed by atoms with Gasteiger partial charge in [0.1, 0.15) is 5.75 Å². The van der Waals surface area contributed by atoms with Crippen LogP contribution < -0.4 is 15.6 Å². The number of benzene rings is 3. The van der Waals surface area contributed by atoms with E-state index in [9.17, 15) is 9.59 Å². The van der Waals surface area contributed by atoms with E-state index in [1.165, 1.54) is 11.7 Å². The maximum absolute atomic E-state index is 13.4. The number of thioether (sulfide) groups is 1. The average molecular weight is 486 g/mol. The first-order chi connectivity index (χ1) is 15.5. The monoisotopic (exact) mass is 485 g/mol. The molecule has 0 aliphatic rings. The number of hydrogen-bond donors (Lipinski definition) is 1. The lowest BCUT2D eigenvalue weighted by atomic mass is 10.2. The summed E-state index contributed by atoms with van der Waals surface area (Å²) in [5, 5.41) is 4.41. The summed E-state index contributed by atoms with van der Waals surface area (Å²) in [7, 11) is 1.54. The molecule has 0 aliphatic carbocycles. The Bertz CT molecular complexity index is 1370. The first-order valence-electron chi connectivity index (χ1n) is 9.51. The standard InChI is InChI=1S/C23H17Cl2N3O3S/c1-31-20-9-5-4-8-19(20)28-22(30)15-6-2-3-7-17(15)27-23(28)32-13-21(29)26-18-12-14(24)10-11-16(18)25/h2-12H,13H2,1H3,(H,26,29). The Hall–Kier alpha value is -3.00. The van der Waals surface area contributed by atoms with Crippen LogP contribution in [0.15, 0.2) is 76.7 Å². The van der Waals surface area contributed by atoms with E-state index in [4.69, 9.17) is 27.9 Å². The van der Waals surface area contributed by atoms with Crippen LogP contribution in [0.25, 0.3) is 16.6 Å². The van der Waals surface area contributed by atoms with Gasteiger partial charge in [-0.15, -0.1) is 0 Å². The van der Waals surface area contributed by atoms with Gasteiger partial charge < -0.3 is 10.1 Å². The van der Waals surface area contributed by atoms with Crippen molar-refractivity contribution in [2.45, 2.75) is 5.16 Å². The van der Waals surface area contributed by atoms with Gasteiger partial charge in [0.05, 0.1) is 40.2 Å². The third-order valence-corrected chi connectivity index (χ3v) is 6.11. The molecule has 0 atom stereocenters.